The molecule has 0 unspecified atom stereocenters. The third-order valence-corrected chi connectivity index (χ3v) is 3.71. The van der Waals surface area contributed by atoms with Gasteiger partial charge in [0.05, 0.1) is 7.11 Å². The molecule has 2 aromatic heterocycles. The van der Waals surface area contributed by atoms with Crippen molar-refractivity contribution < 1.29 is 4.74 Å². The third kappa shape index (κ3) is 4.67. The Bertz CT molecular complexity index is 823. The molecule has 0 fully saturated rings. The summed E-state index contributed by atoms with van der Waals surface area (Å²) in [6.07, 6.45) is 3.56. The van der Waals surface area contributed by atoms with E-state index in [0.717, 1.165) is 28.5 Å². The number of rotatable bonds is 7. The van der Waals surface area contributed by atoms with Crippen LogP contribution in [0.1, 0.15) is 17.0 Å². The Hall–Kier alpha value is -3.15. The molecule has 25 heavy (non-hydrogen) atoms. The third-order valence-electron chi connectivity index (χ3n) is 3.71. The molecule has 2 N–H and O–H groups in total. The lowest BCUT2D eigenvalue weighted by molar-refractivity contribution is 0.410. The van der Waals surface area contributed by atoms with E-state index in [1.54, 1.807) is 19.5 Å². The van der Waals surface area contributed by atoms with Crippen LogP contribution in [0.25, 0.3) is 0 Å². The Kier molecular flexibility index (Phi) is 5.41. The lowest BCUT2D eigenvalue weighted by atomic mass is 10.2. The first-order chi connectivity index (χ1) is 12.2. The van der Waals surface area contributed by atoms with E-state index in [1.165, 1.54) is 0 Å². The Labute approximate surface area is 147 Å². The molecular formula is C19H21N5O. The van der Waals surface area contributed by atoms with E-state index in [4.69, 9.17) is 4.74 Å². The molecule has 2 heterocycles. The largest absolute Gasteiger partial charge is 0.496 e. The minimum absolute atomic E-state index is 0.629. The second-order valence-electron chi connectivity index (χ2n) is 5.56. The predicted molar refractivity (Wildman–Crippen MR) is 98.7 cm³/mol. The van der Waals surface area contributed by atoms with Gasteiger partial charge in [-0.3, -0.25) is 4.98 Å². The van der Waals surface area contributed by atoms with E-state index >= 15 is 0 Å². The van der Waals surface area contributed by atoms with Crippen molar-refractivity contribution in [2.24, 2.45) is 0 Å². The summed E-state index contributed by atoms with van der Waals surface area (Å²) in [4.78, 5) is 12.9. The van der Waals surface area contributed by atoms with Crippen LogP contribution in [0.4, 0.5) is 11.6 Å². The van der Waals surface area contributed by atoms with Crippen molar-refractivity contribution in [3.8, 4) is 5.75 Å². The first kappa shape index (κ1) is 16.7. The lowest BCUT2D eigenvalue weighted by Crippen LogP contribution is -2.07. The second kappa shape index (κ2) is 8.10. The predicted octanol–water partition coefficient (Wildman–Crippen LogP) is 3.41. The zero-order valence-corrected chi connectivity index (χ0v) is 14.4. The fourth-order valence-corrected chi connectivity index (χ4v) is 2.48. The number of ether oxygens (including phenoxy) is 1. The van der Waals surface area contributed by atoms with Gasteiger partial charge in [0, 0.05) is 37.1 Å². The van der Waals surface area contributed by atoms with Crippen LogP contribution < -0.4 is 15.4 Å². The highest BCUT2D eigenvalue weighted by atomic mass is 16.5. The number of para-hydroxylation sites is 1. The van der Waals surface area contributed by atoms with Gasteiger partial charge in [-0.2, -0.15) is 0 Å². The van der Waals surface area contributed by atoms with Gasteiger partial charge in [0.15, 0.2) is 0 Å². The smallest absolute Gasteiger partial charge is 0.132 e. The maximum absolute atomic E-state index is 5.38. The quantitative estimate of drug-likeness (QED) is 0.689. The summed E-state index contributed by atoms with van der Waals surface area (Å²) in [7, 11) is 1.68. The number of nitrogens with zero attached hydrogens (tertiary/aromatic N) is 3. The summed E-state index contributed by atoms with van der Waals surface area (Å²) in [6, 6.07) is 13.8. The van der Waals surface area contributed by atoms with Crippen molar-refractivity contribution >= 4 is 11.6 Å². The van der Waals surface area contributed by atoms with Gasteiger partial charge < -0.3 is 15.4 Å². The number of methoxy groups -OCH3 is 1. The number of anilines is 2. The van der Waals surface area contributed by atoms with Crippen molar-refractivity contribution in [3.05, 3.63) is 71.8 Å². The average Bonchev–Trinajstić information content (AvgIpc) is 2.65. The van der Waals surface area contributed by atoms with Crippen molar-refractivity contribution in [1.29, 1.82) is 0 Å². The maximum atomic E-state index is 5.38. The summed E-state index contributed by atoms with van der Waals surface area (Å²) in [5.41, 5.74) is 2.22. The van der Waals surface area contributed by atoms with Gasteiger partial charge in [0.25, 0.3) is 0 Å². The average molecular weight is 335 g/mol. The van der Waals surface area contributed by atoms with Crippen LogP contribution in [-0.4, -0.2) is 22.1 Å². The van der Waals surface area contributed by atoms with Crippen LogP contribution >= 0.6 is 0 Å². The number of aromatic nitrogens is 3. The van der Waals surface area contributed by atoms with Crippen LogP contribution in [0.3, 0.4) is 0 Å². The number of benzene rings is 1. The highest BCUT2D eigenvalue weighted by molar-refractivity contribution is 5.48. The second-order valence-corrected chi connectivity index (χ2v) is 5.56. The number of hydrogen-bond acceptors (Lipinski definition) is 6. The van der Waals surface area contributed by atoms with Gasteiger partial charge >= 0.3 is 0 Å². The highest BCUT2D eigenvalue weighted by Gasteiger charge is 2.05. The first-order valence-electron chi connectivity index (χ1n) is 8.09. The summed E-state index contributed by atoms with van der Waals surface area (Å²) in [6.45, 7) is 3.20. The van der Waals surface area contributed by atoms with Crippen molar-refractivity contribution in [2.45, 2.75) is 20.0 Å². The van der Waals surface area contributed by atoms with E-state index in [2.05, 4.69) is 25.6 Å². The van der Waals surface area contributed by atoms with E-state index in [-0.39, 0.29) is 0 Å². The molecule has 3 aromatic rings. The van der Waals surface area contributed by atoms with Crippen molar-refractivity contribution in [1.82, 2.24) is 15.0 Å². The van der Waals surface area contributed by atoms with Gasteiger partial charge in [0.1, 0.15) is 23.2 Å². The zero-order valence-electron chi connectivity index (χ0n) is 14.4. The van der Waals surface area contributed by atoms with Crippen LogP contribution in [0.5, 0.6) is 5.75 Å². The summed E-state index contributed by atoms with van der Waals surface area (Å²) >= 11 is 0. The monoisotopic (exact) mass is 335 g/mol. The summed E-state index contributed by atoms with van der Waals surface area (Å²) < 4.78 is 5.38. The van der Waals surface area contributed by atoms with Gasteiger partial charge in [-0.15, -0.1) is 0 Å². The molecule has 0 bridgehead atoms. The van der Waals surface area contributed by atoms with Crippen molar-refractivity contribution in [3.63, 3.8) is 0 Å². The molecule has 6 nitrogen and oxygen atoms in total. The molecule has 0 atom stereocenters. The van der Waals surface area contributed by atoms with Crippen LogP contribution in [-0.2, 0) is 13.1 Å². The Balaban J connectivity index is 1.67. The molecule has 0 aliphatic carbocycles. The minimum atomic E-state index is 0.629. The van der Waals surface area contributed by atoms with Crippen LogP contribution in [0.2, 0.25) is 0 Å². The Morgan fingerprint density at radius 2 is 1.60 bits per heavy atom. The molecule has 6 heteroatoms. The lowest BCUT2D eigenvalue weighted by Gasteiger charge is -2.12. The van der Waals surface area contributed by atoms with Crippen LogP contribution in [0, 0.1) is 6.92 Å². The van der Waals surface area contributed by atoms with Gasteiger partial charge in [0.2, 0.25) is 0 Å². The van der Waals surface area contributed by atoms with Gasteiger partial charge in [-0.1, -0.05) is 18.2 Å². The Morgan fingerprint density at radius 3 is 2.32 bits per heavy atom. The number of aryl methyl sites for hydroxylation is 1. The topological polar surface area (TPSA) is 72.0 Å². The number of hydrogen-bond donors (Lipinski definition) is 2. The summed E-state index contributed by atoms with van der Waals surface area (Å²) in [5, 5.41) is 6.65. The molecule has 3 rings (SSSR count). The molecule has 0 aliphatic rings. The molecule has 0 saturated heterocycles. The first-order valence-corrected chi connectivity index (χ1v) is 8.09. The summed E-state index contributed by atoms with van der Waals surface area (Å²) in [5.74, 6) is 3.13. The number of nitrogens with one attached hydrogen (secondary N) is 2. The number of pyridine rings is 1. The SMILES string of the molecule is COc1ccccc1CNc1cc(NCc2ccncc2)nc(C)n1. The standard InChI is InChI=1S/C19H21N5O/c1-14-23-18(21-12-15-7-9-20-10-8-15)11-19(24-14)22-13-16-5-3-4-6-17(16)25-2/h3-11H,12-13H2,1-2H3,(H2,21,22,23,24). The molecule has 1 aromatic carbocycles. The van der Waals surface area contributed by atoms with Gasteiger partial charge in [-0.05, 0) is 30.7 Å². The van der Waals surface area contributed by atoms with E-state index in [0.29, 0.717) is 18.9 Å². The van der Waals surface area contributed by atoms with Crippen molar-refractivity contribution in [2.75, 3.05) is 17.7 Å². The van der Waals surface area contributed by atoms with Crippen LogP contribution in [0.15, 0.2) is 54.9 Å². The normalized spacial score (nSPS) is 10.3. The van der Waals surface area contributed by atoms with E-state index < -0.39 is 0 Å². The van der Waals surface area contributed by atoms with E-state index in [1.807, 2.05) is 49.4 Å². The fourth-order valence-electron chi connectivity index (χ4n) is 2.48. The molecule has 128 valence electrons. The molecule has 0 aliphatic heterocycles. The molecular weight excluding hydrogens is 314 g/mol. The Morgan fingerprint density at radius 1 is 0.920 bits per heavy atom. The molecule has 0 amide bonds. The molecule has 0 radical (unpaired) electrons. The molecule has 0 saturated carbocycles. The molecule has 0 spiro atoms. The zero-order chi connectivity index (χ0) is 17.5. The maximum Gasteiger partial charge on any atom is 0.132 e. The van der Waals surface area contributed by atoms with E-state index in [9.17, 15) is 0 Å². The van der Waals surface area contributed by atoms with Gasteiger partial charge in [-0.25, -0.2) is 9.97 Å². The minimum Gasteiger partial charge on any atom is -0.496 e. The highest BCUT2D eigenvalue weighted by Crippen LogP contribution is 2.19. The fraction of sp³-hybridized carbons (Fsp3) is 0.211.